The fourth-order valence-corrected chi connectivity index (χ4v) is 2.75. The maximum Gasteiger partial charge on any atom is 0.272 e. The van der Waals surface area contributed by atoms with Crippen LogP contribution in [-0.2, 0) is 0 Å². The highest BCUT2D eigenvalue weighted by molar-refractivity contribution is 5.95. The van der Waals surface area contributed by atoms with Gasteiger partial charge in [-0.1, -0.05) is 42.5 Å². The number of hydrogen-bond acceptors (Lipinski definition) is 3. The molecule has 116 valence electrons. The number of H-pyrrole nitrogens is 2. The molecule has 24 heavy (non-hydrogen) atoms. The zero-order valence-electron chi connectivity index (χ0n) is 12.6. The molecule has 1 heterocycles. The summed E-state index contributed by atoms with van der Waals surface area (Å²) in [5, 5.41) is 7.55. The molecular formula is C19H13N3O2. The average Bonchev–Trinajstić information content (AvgIpc) is 2.63. The Labute approximate surface area is 136 Å². The highest BCUT2D eigenvalue weighted by Gasteiger charge is 2.06. The first-order valence-electron chi connectivity index (χ1n) is 7.49. The third kappa shape index (κ3) is 2.42. The summed E-state index contributed by atoms with van der Waals surface area (Å²) in [5.41, 5.74) is 0.684. The Kier molecular flexibility index (Phi) is 3.31. The van der Waals surface area contributed by atoms with Crippen LogP contribution >= 0.6 is 0 Å². The SMILES string of the molecule is O=c1[nH][nH]c(=O)c2c(N=Cc3ccc4ccccc4c3)cccc12. The largest absolute Gasteiger partial charge is 0.272 e. The molecule has 0 saturated heterocycles. The van der Waals surface area contributed by atoms with Gasteiger partial charge < -0.3 is 0 Å². The standard InChI is InChI=1S/C19H13N3O2/c23-18-15-6-3-7-16(17(15)19(24)22-21-18)20-11-12-8-9-13-4-1-2-5-14(13)10-12/h1-11H,(H,21,23)(H,22,24). The summed E-state index contributed by atoms with van der Waals surface area (Å²) in [4.78, 5) is 28.3. The molecule has 2 N–H and O–H groups in total. The van der Waals surface area contributed by atoms with Gasteiger partial charge in [0.2, 0.25) is 0 Å². The molecule has 5 nitrogen and oxygen atoms in total. The molecule has 0 fully saturated rings. The summed E-state index contributed by atoms with van der Waals surface area (Å²) in [5.74, 6) is 0. The minimum atomic E-state index is -0.365. The summed E-state index contributed by atoms with van der Waals surface area (Å²) >= 11 is 0. The molecule has 0 bridgehead atoms. The van der Waals surface area contributed by atoms with Crippen molar-refractivity contribution in [3.63, 3.8) is 0 Å². The van der Waals surface area contributed by atoms with Crippen LogP contribution in [0.4, 0.5) is 5.69 Å². The van der Waals surface area contributed by atoms with Crippen molar-refractivity contribution in [1.29, 1.82) is 0 Å². The van der Waals surface area contributed by atoms with Crippen molar-refractivity contribution in [2.24, 2.45) is 4.99 Å². The normalized spacial score (nSPS) is 11.5. The number of nitrogens with one attached hydrogen (secondary N) is 2. The number of rotatable bonds is 2. The lowest BCUT2D eigenvalue weighted by Crippen LogP contribution is -2.18. The number of aliphatic imine (C=N–C) groups is 1. The lowest BCUT2D eigenvalue weighted by Gasteiger charge is -2.01. The number of aromatic amines is 2. The second-order valence-corrected chi connectivity index (χ2v) is 5.47. The lowest BCUT2D eigenvalue weighted by molar-refractivity contribution is 0.976. The Hall–Kier alpha value is -3.47. The van der Waals surface area contributed by atoms with E-state index in [1.54, 1.807) is 24.4 Å². The molecule has 0 amide bonds. The third-order valence-corrected chi connectivity index (χ3v) is 3.93. The molecule has 0 saturated carbocycles. The summed E-state index contributed by atoms with van der Waals surface area (Å²) < 4.78 is 0. The van der Waals surface area contributed by atoms with Crippen LogP contribution in [0.1, 0.15) is 5.56 Å². The van der Waals surface area contributed by atoms with Gasteiger partial charge in [-0.05, 0) is 34.5 Å². The van der Waals surface area contributed by atoms with E-state index < -0.39 is 0 Å². The first-order chi connectivity index (χ1) is 11.7. The van der Waals surface area contributed by atoms with Gasteiger partial charge in [0.15, 0.2) is 0 Å². The molecule has 1 aromatic heterocycles. The highest BCUT2D eigenvalue weighted by Crippen LogP contribution is 2.21. The van der Waals surface area contributed by atoms with Gasteiger partial charge in [-0.3, -0.25) is 24.8 Å². The molecule has 5 heteroatoms. The zero-order valence-corrected chi connectivity index (χ0v) is 12.6. The molecule has 0 spiro atoms. The van der Waals surface area contributed by atoms with Crippen LogP contribution < -0.4 is 11.1 Å². The Morgan fingerprint density at radius 3 is 2.46 bits per heavy atom. The lowest BCUT2D eigenvalue weighted by atomic mass is 10.1. The van der Waals surface area contributed by atoms with Gasteiger partial charge in [-0.15, -0.1) is 0 Å². The molecule has 3 aromatic carbocycles. The molecular weight excluding hydrogens is 302 g/mol. The van der Waals surface area contributed by atoms with E-state index in [4.69, 9.17) is 0 Å². The van der Waals surface area contributed by atoms with Crippen molar-refractivity contribution in [2.75, 3.05) is 0 Å². The van der Waals surface area contributed by atoms with E-state index in [0.717, 1.165) is 16.3 Å². The smallest absolute Gasteiger partial charge is 0.267 e. The molecule has 0 unspecified atom stereocenters. The number of aromatic nitrogens is 2. The van der Waals surface area contributed by atoms with E-state index in [1.165, 1.54) is 0 Å². The second-order valence-electron chi connectivity index (χ2n) is 5.47. The van der Waals surface area contributed by atoms with E-state index in [1.807, 2.05) is 42.5 Å². The predicted octanol–water partition coefficient (Wildman–Crippen LogP) is 3.12. The number of benzene rings is 3. The van der Waals surface area contributed by atoms with Gasteiger partial charge in [0.25, 0.3) is 11.1 Å². The molecule has 4 aromatic rings. The van der Waals surface area contributed by atoms with Crippen LogP contribution in [0.2, 0.25) is 0 Å². The van der Waals surface area contributed by atoms with Crippen molar-refractivity contribution in [3.05, 3.63) is 86.9 Å². The summed E-state index contributed by atoms with van der Waals surface area (Å²) in [7, 11) is 0. The van der Waals surface area contributed by atoms with Gasteiger partial charge in [0, 0.05) is 6.21 Å². The highest BCUT2D eigenvalue weighted by atomic mass is 16.1. The predicted molar refractivity (Wildman–Crippen MR) is 96.4 cm³/mol. The quantitative estimate of drug-likeness (QED) is 0.557. The number of fused-ring (bicyclic) bond motifs is 2. The number of nitrogens with zero attached hydrogens (tertiary/aromatic N) is 1. The molecule has 0 aliphatic heterocycles. The Morgan fingerprint density at radius 1 is 0.792 bits per heavy atom. The van der Waals surface area contributed by atoms with E-state index in [2.05, 4.69) is 15.2 Å². The Bertz CT molecular complexity index is 1200. The van der Waals surface area contributed by atoms with Gasteiger partial charge in [0.1, 0.15) is 0 Å². The Morgan fingerprint density at radius 2 is 1.58 bits per heavy atom. The van der Waals surface area contributed by atoms with Gasteiger partial charge >= 0.3 is 0 Å². The minimum Gasteiger partial charge on any atom is -0.267 e. The fraction of sp³-hybridized carbons (Fsp3) is 0. The first kappa shape index (κ1) is 14.1. The molecule has 0 aliphatic rings. The van der Waals surface area contributed by atoms with Crippen molar-refractivity contribution in [1.82, 2.24) is 10.2 Å². The summed E-state index contributed by atoms with van der Waals surface area (Å²) in [6, 6.07) is 19.1. The summed E-state index contributed by atoms with van der Waals surface area (Å²) in [6.07, 6.45) is 1.70. The van der Waals surface area contributed by atoms with E-state index in [0.29, 0.717) is 16.5 Å². The first-order valence-corrected chi connectivity index (χ1v) is 7.49. The topological polar surface area (TPSA) is 78.1 Å². The monoisotopic (exact) mass is 315 g/mol. The van der Waals surface area contributed by atoms with Crippen LogP contribution in [-0.4, -0.2) is 16.4 Å². The Balaban J connectivity index is 1.83. The van der Waals surface area contributed by atoms with E-state index in [9.17, 15) is 9.59 Å². The van der Waals surface area contributed by atoms with Crippen LogP contribution in [0, 0.1) is 0 Å². The fourth-order valence-electron chi connectivity index (χ4n) is 2.75. The zero-order chi connectivity index (χ0) is 16.5. The van der Waals surface area contributed by atoms with Crippen LogP contribution in [0.15, 0.2) is 75.2 Å². The van der Waals surface area contributed by atoms with E-state index in [-0.39, 0.29) is 11.1 Å². The summed E-state index contributed by atoms with van der Waals surface area (Å²) in [6.45, 7) is 0. The third-order valence-electron chi connectivity index (χ3n) is 3.93. The van der Waals surface area contributed by atoms with Crippen molar-refractivity contribution >= 4 is 33.4 Å². The maximum absolute atomic E-state index is 12.0. The van der Waals surface area contributed by atoms with Crippen LogP contribution in [0.3, 0.4) is 0 Å². The van der Waals surface area contributed by atoms with Gasteiger partial charge in [-0.25, -0.2) is 0 Å². The van der Waals surface area contributed by atoms with Crippen molar-refractivity contribution < 1.29 is 0 Å². The average molecular weight is 315 g/mol. The molecule has 0 atom stereocenters. The van der Waals surface area contributed by atoms with Gasteiger partial charge in [-0.2, -0.15) is 0 Å². The number of hydrogen-bond donors (Lipinski definition) is 2. The van der Waals surface area contributed by atoms with Crippen molar-refractivity contribution in [3.8, 4) is 0 Å². The molecule has 0 radical (unpaired) electrons. The maximum atomic E-state index is 12.0. The minimum absolute atomic E-state index is 0.290. The van der Waals surface area contributed by atoms with Gasteiger partial charge in [0.05, 0.1) is 16.5 Å². The van der Waals surface area contributed by atoms with Crippen molar-refractivity contribution in [2.45, 2.75) is 0 Å². The molecule has 4 rings (SSSR count). The van der Waals surface area contributed by atoms with Crippen LogP contribution in [0.5, 0.6) is 0 Å². The van der Waals surface area contributed by atoms with E-state index >= 15 is 0 Å². The molecule has 0 aliphatic carbocycles. The second kappa shape index (κ2) is 5.62. The van der Waals surface area contributed by atoms with Crippen LogP contribution in [0.25, 0.3) is 21.5 Å².